The molecule has 18 heavy (non-hydrogen) atoms. The van der Waals surface area contributed by atoms with Gasteiger partial charge in [0.25, 0.3) is 5.91 Å². The van der Waals surface area contributed by atoms with Crippen LogP contribution in [0.3, 0.4) is 0 Å². The van der Waals surface area contributed by atoms with Gasteiger partial charge in [-0.05, 0) is 5.25 Å². The second kappa shape index (κ2) is 6.54. The van der Waals surface area contributed by atoms with Gasteiger partial charge in [-0.2, -0.15) is 11.8 Å². The standard InChI is InChI=1S/C12H19N3OS2/c1-9(2)17-8-11-14-7-10(18-11)12(16)15-5-3-13-4-6-15/h7,9,13H,3-6,8H2,1-2H3. The van der Waals surface area contributed by atoms with Gasteiger partial charge < -0.3 is 10.2 Å². The van der Waals surface area contributed by atoms with Gasteiger partial charge in [0.05, 0.1) is 6.20 Å². The molecule has 0 aromatic carbocycles. The van der Waals surface area contributed by atoms with Gasteiger partial charge in [-0.15, -0.1) is 11.3 Å². The van der Waals surface area contributed by atoms with Crippen LogP contribution in [0.4, 0.5) is 0 Å². The number of piperazine rings is 1. The predicted molar refractivity (Wildman–Crippen MR) is 77.3 cm³/mol. The number of amides is 1. The Morgan fingerprint density at radius 3 is 2.94 bits per heavy atom. The Hall–Kier alpha value is -0.590. The van der Waals surface area contributed by atoms with Crippen LogP contribution in [0.1, 0.15) is 28.5 Å². The molecule has 1 aliphatic rings. The number of carbonyl (C=O) groups excluding carboxylic acids is 1. The number of hydrogen-bond donors (Lipinski definition) is 1. The molecule has 0 radical (unpaired) electrons. The highest BCUT2D eigenvalue weighted by atomic mass is 32.2. The molecule has 1 saturated heterocycles. The van der Waals surface area contributed by atoms with Crippen molar-refractivity contribution in [3.05, 3.63) is 16.1 Å². The van der Waals surface area contributed by atoms with Gasteiger partial charge in [-0.25, -0.2) is 4.98 Å². The number of nitrogens with zero attached hydrogens (tertiary/aromatic N) is 2. The Bertz CT molecular complexity index is 400. The third-order valence-corrected chi connectivity index (χ3v) is 4.98. The van der Waals surface area contributed by atoms with Crippen molar-refractivity contribution in [3.8, 4) is 0 Å². The fraction of sp³-hybridized carbons (Fsp3) is 0.667. The summed E-state index contributed by atoms with van der Waals surface area (Å²) in [5.41, 5.74) is 0. The van der Waals surface area contributed by atoms with Crippen molar-refractivity contribution in [2.45, 2.75) is 24.9 Å². The van der Waals surface area contributed by atoms with Gasteiger partial charge in [0.15, 0.2) is 0 Å². The predicted octanol–water partition coefficient (Wildman–Crippen LogP) is 1.83. The molecule has 0 saturated carbocycles. The molecular formula is C12H19N3OS2. The molecule has 2 rings (SSSR count). The molecule has 2 heterocycles. The summed E-state index contributed by atoms with van der Waals surface area (Å²) in [7, 11) is 0. The van der Waals surface area contributed by atoms with Crippen LogP contribution in [0.25, 0.3) is 0 Å². The quantitative estimate of drug-likeness (QED) is 0.917. The second-order valence-corrected chi connectivity index (χ2v) is 7.20. The first kappa shape index (κ1) is 13.8. The molecule has 6 heteroatoms. The number of carbonyl (C=O) groups is 1. The van der Waals surface area contributed by atoms with E-state index >= 15 is 0 Å². The fourth-order valence-corrected chi connectivity index (χ4v) is 3.41. The molecule has 100 valence electrons. The van der Waals surface area contributed by atoms with Crippen molar-refractivity contribution in [2.75, 3.05) is 26.2 Å². The van der Waals surface area contributed by atoms with Crippen molar-refractivity contribution in [2.24, 2.45) is 0 Å². The van der Waals surface area contributed by atoms with Crippen LogP contribution in [-0.4, -0.2) is 47.2 Å². The van der Waals surface area contributed by atoms with E-state index in [1.165, 1.54) is 11.3 Å². The van der Waals surface area contributed by atoms with Crippen LogP contribution >= 0.6 is 23.1 Å². The van der Waals surface area contributed by atoms with Gasteiger partial charge in [0, 0.05) is 31.9 Å². The van der Waals surface area contributed by atoms with Crippen LogP contribution in [0.5, 0.6) is 0 Å². The summed E-state index contributed by atoms with van der Waals surface area (Å²) >= 11 is 3.39. The van der Waals surface area contributed by atoms with E-state index in [-0.39, 0.29) is 5.91 Å². The molecule has 0 atom stereocenters. The Morgan fingerprint density at radius 2 is 2.28 bits per heavy atom. The van der Waals surface area contributed by atoms with Crippen LogP contribution in [0, 0.1) is 0 Å². The van der Waals surface area contributed by atoms with Crippen molar-refractivity contribution >= 4 is 29.0 Å². The van der Waals surface area contributed by atoms with Crippen LogP contribution < -0.4 is 5.32 Å². The summed E-state index contributed by atoms with van der Waals surface area (Å²) in [5.74, 6) is 1.03. The first-order chi connectivity index (χ1) is 8.66. The van der Waals surface area contributed by atoms with Crippen LogP contribution in [0.2, 0.25) is 0 Å². The van der Waals surface area contributed by atoms with Crippen molar-refractivity contribution in [3.63, 3.8) is 0 Å². The normalized spacial score (nSPS) is 16.3. The van der Waals surface area contributed by atoms with E-state index in [1.807, 2.05) is 16.7 Å². The van der Waals surface area contributed by atoms with E-state index in [2.05, 4.69) is 24.1 Å². The Labute approximate surface area is 116 Å². The van der Waals surface area contributed by atoms with Gasteiger partial charge in [0.1, 0.15) is 9.88 Å². The van der Waals surface area contributed by atoms with Gasteiger partial charge in [-0.1, -0.05) is 13.8 Å². The smallest absolute Gasteiger partial charge is 0.265 e. The summed E-state index contributed by atoms with van der Waals surface area (Å²) in [6, 6.07) is 0. The molecule has 0 aliphatic carbocycles. The van der Waals surface area contributed by atoms with E-state index in [1.54, 1.807) is 6.20 Å². The largest absolute Gasteiger partial charge is 0.335 e. The maximum Gasteiger partial charge on any atom is 0.265 e. The van der Waals surface area contributed by atoms with E-state index in [4.69, 9.17) is 0 Å². The van der Waals surface area contributed by atoms with Crippen LogP contribution in [-0.2, 0) is 5.75 Å². The van der Waals surface area contributed by atoms with E-state index in [9.17, 15) is 4.79 Å². The summed E-state index contributed by atoms with van der Waals surface area (Å²) in [4.78, 5) is 19.2. The average molecular weight is 285 g/mol. The lowest BCUT2D eigenvalue weighted by atomic mass is 10.3. The van der Waals surface area contributed by atoms with E-state index in [0.29, 0.717) is 5.25 Å². The lowest BCUT2D eigenvalue weighted by molar-refractivity contribution is 0.0740. The van der Waals surface area contributed by atoms with Crippen LogP contribution in [0.15, 0.2) is 6.20 Å². The minimum atomic E-state index is 0.134. The fourth-order valence-electron chi connectivity index (χ4n) is 1.74. The monoisotopic (exact) mass is 285 g/mol. The third-order valence-electron chi connectivity index (χ3n) is 2.71. The second-order valence-electron chi connectivity index (χ2n) is 4.52. The molecule has 1 aromatic heterocycles. The Kier molecular flexibility index (Phi) is 5.03. The van der Waals surface area contributed by atoms with Gasteiger partial charge in [-0.3, -0.25) is 4.79 Å². The number of nitrogens with one attached hydrogen (secondary N) is 1. The molecule has 1 amide bonds. The van der Waals surface area contributed by atoms with Crippen molar-refractivity contribution in [1.82, 2.24) is 15.2 Å². The van der Waals surface area contributed by atoms with Crippen molar-refractivity contribution in [1.29, 1.82) is 0 Å². The zero-order valence-electron chi connectivity index (χ0n) is 10.8. The third kappa shape index (κ3) is 3.70. The minimum Gasteiger partial charge on any atom is -0.335 e. The lowest BCUT2D eigenvalue weighted by Gasteiger charge is -2.26. The molecular weight excluding hydrogens is 266 g/mol. The molecule has 1 N–H and O–H groups in total. The molecule has 0 bridgehead atoms. The van der Waals surface area contributed by atoms with Gasteiger partial charge >= 0.3 is 0 Å². The molecule has 0 spiro atoms. The van der Waals surface area contributed by atoms with Gasteiger partial charge in [0.2, 0.25) is 0 Å². The highest BCUT2D eigenvalue weighted by molar-refractivity contribution is 7.99. The molecule has 4 nitrogen and oxygen atoms in total. The minimum absolute atomic E-state index is 0.134. The average Bonchev–Trinajstić information content (AvgIpc) is 2.85. The highest BCUT2D eigenvalue weighted by Gasteiger charge is 2.20. The number of hydrogen-bond acceptors (Lipinski definition) is 5. The first-order valence-electron chi connectivity index (χ1n) is 6.23. The zero-order valence-corrected chi connectivity index (χ0v) is 12.4. The highest BCUT2D eigenvalue weighted by Crippen LogP contribution is 2.22. The number of thioether (sulfide) groups is 1. The summed E-state index contributed by atoms with van der Waals surface area (Å²) in [6.45, 7) is 7.72. The first-order valence-corrected chi connectivity index (χ1v) is 8.09. The van der Waals surface area contributed by atoms with Crippen molar-refractivity contribution < 1.29 is 4.79 Å². The zero-order chi connectivity index (χ0) is 13.0. The maximum absolute atomic E-state index is 12.2. The van der Waals surface area contributed by atoms with E-state index < -0.39 is 0 Å². The summed E-state index contributed by atoms with van der Waals surface area (Å²) < 4.78 is 0. The topological polar surface area (TPSA) is 45.2 Å². The number of thiazole rings is 1. The summed E-state index contributed by atoms with van der Waals surface area (Å²) in [6.07, 6.45) is 1.73. The number of rotatable bonds is 4. The Balaban J connectivity index is 1.94. The molecule has 1 aliphatic heterocycles. The summed E-state index contributed by atoms with van der Waals surface area (Å²) in [5, 5.41) is 4.90. The van der Waals surface area contributed by atoms with E-state index in [0.717, 1.165) is 41.8 Å². The SMILES string of the molecule is CC(C)SCc1ncc(C(=O)N2CCNCC2)s1. The molecule has 1 aromatic rings. The molecule has 1 fully saturated rings. The maximum atomic E-state index is 12.2. The number of aromatic nitrogens is 1. The molecule has 0 unspecified atom stereocenters. The lowest BCUT2D eigenvalue weighted by Crippen LogP contribution is -2.46. The Morgan fingerprint density at radius 1 is 1.56 bits per heavy atom.